The second kappa shape index (κ2) is 6.02. The molecule has 0 bridgehead atoms. The summed E-state index contributed by atoms with van der Waals surface area (Å²) in [7, 11) is 0. The Morgan fingerprint density at radius 2 is 2.09 bits per heavy atom. The predicted molar refractivity (Wildman–Crippen MR) is 49.6 cm³/mol. The quantitative estimate of drug-likeness (QED) is 0.486. The van der Waals surface area contributed by atoms with Gasteiger partial charge in [-0.2, -0.15) is 0 Å². The fourth-order valence-corrected chi connectivity index (χ4v) is 0.830. The summed E-state index contributed by atoms with van der Waals surface area (Å²) in [6, 6.07) is 0. The summed E-state index contributed by atoms with van der Waals surface area (Å²) < 4.78 is 0. The van der Waals surface area contributed by atoms with Gasteiger partial charge < -0.3 is 5.11 Å². The van der Waals surface area contributed by atoms with Crippen molar-refractivity contribution in [3.63, 3.8) is 0 Å². The largest absolute Gasteiger partial charge is 0.516 e. The molecule has 0 amide bonds. The molecule has 0 atom stereocenters. The first kappa shape index (κ1) is 10.3. The van der Waals surface area contributed by atoms with Crippen LogP contribution in [0.3, 0.4) is 0 Å². The normalized spacial score (nSPS) is 13.3. The highest BCUT2D eigenvalue weighted by Gasteiger charge is 1.90. The molecular formula is C10H18O. The van der Waals surface area contributed by atoms with E-state index >= 15 is 0 Å². The molecule has 1 heteroatoms. The maximum atomic E-state index is 8.42. The van der Waals surface area contributed by atoms with Crippen LogP contribution in [0.2, 0.25) is 0 Å². The molecule has 0 aromatic rings. The number of hydrogen-bond acceptors (Lipinski definition) is 1. The van der Waals surface area contributed by atoms with Gasteiger partial charge in [-0.3, -0.25) is 0 Å². The molecule has 0 aliphatic heterocycles. The van der Waals surface area contributed by atoms with E-state index in [2.05, 4.69) is 19.9 Å². The zero-order valence-electron chi connectivity index (χ0n) is 7.67. The average molecular weight is 154 g/mol. The molecular weight excluding hydrogens is 136 g/mol. The minimum absolute atomic E-state index is 0.761. The van der Waals surface area contributed by atoms with Crippen LogP contribution in [0, 0.1) is 5.92 Å². The molecule has 1 N–H and O–H groups in total. The van der Waals surface area contributed by atoms with Crippen LogP contribution in [-0.2, 0) is 0 Å². The SMILES string of the molecule is CC(/C=C/O)=C\CCC(C)C. The number of allylic oxidation sites excluding steroid dienone is 3. The molecule has 0 fully saturated rings. The number of aliphatic hydroxyl groups excluding tert-OH is 1. The lowest BCUT2D eigenvalue weighted by molar-refractivity contribution is 0.473. The van der Waals surface area contributed by atoms with Crippen LogP contribution in [0.15, 0.2) is 24.0 Å². The van der Waals surface area contributed by atoms with E-state index in [9.17, 15) is 0 Å². The average Bonchev–Trinajstić information content (AvgIpc) is 1.87. The lowest BCUT2D eigenvalue weighted by atomic mass is 10.1. The van der Waals surface area contributed by atoms with Crippen LogP contribution >= 0.6 is 0 Å². The minimum atomic E-state index is 0.761. The summed E-state index contributed by atoms with van der Waals surface area (Å²) in [5, 5.41) is 8.42. The Balaban J connectivity index is 3.56. The van der Waals surface area contributed by atoms with Crippen molar-refractivity contribution in [3.8, 4) is 0 Å². The summed E-state index contributed by atoms with van der Waals surface area (Å²) in [6.45, 7) is 6.42. The van der Waals surface area contributed by atoms with Crippen molar-refractivity contribution in [2.45, 2.75) is 33.6 Å². The van der Waals surface area contributed by atoms with Crippen molar-refractivity contribution in [3.05, 3.63) is 24.0 Å². The molecule has 64 valence electrons. The summed E-state index contributed by atoms with van der Waals surface area (Å²) in [6.07, 6.45) is 7.26. The molecule has 0 saturated carbocycles. The van der Waals surface area contributed by atoms with Gasteiger partial charge in [-0.25, -0.2) is 0 Å². The molecule has 0 aromatic heterocycles. The van der Waals surface area contributed by atoms with E-state index < -0.39 is 0 Å². The molecule has 0 aliphatic carbocycles. The third-order valence-electron chi connectivity index (χ3n) is 1.55. The number of aliphatic hydroxyl groups is 1. The van der Waals surface area contributed by atoms with Crippen LogP contribution in [-0.4, -0.2) is 5.11 Å². The molecule has 0 radical (unpaired) electrons. The van der Waals surface area contributed by atoms with Gasteiger partial charge in [0.2, 0.25) is 0 Å². The minimum Gasteiger partial charge on any atom is -0.516 e. The van der Waals surface area contributed by atoms with Crippen molar-refractivity contribution in [1.82, 2.24) is 0 Å². The van der Waals surface area contributed by atoms with E-state index in [4.69, 9.17) is 5.11 Å². The van der Waals surface area contributed by atoms with Crippen molar-refractivity contribution in [2.75, 3.05) is 0 Å². The Bertz CT molecular complexity index is 143. The van der Waals surface area contributed by atoms with E-state index in [0.717, 1.165) is 24.2 Å². The van der Waals surface area contributed by atoms with Crippen molar-refractivity contribution >= 4 is 0 Å². The standard InChI is InChI=1S/C10H18O/c1-9(2)5-4-6-10(3)7-8-11/h6-9,11H,4-5H2,1-3H3/b8-7+,10-6+. The van der Waals surface area contributed by atoms with Gasteiger partial charge in [0.1, 0.15) is 0 Å². The van der Waals surface area contributed by atoms with Gasteiger partial charge in [0.15, 0.2) is 0 Å². The van der Waals surface area contributed by atoms with Crippen LogP contribution in [0.25, 0.3) is 0 Å². The molecule has 0 heterocycles. The fourth-order valence-electron chi connectivity index (χ4n) is 0.830. The second-order valence-electron chi connectivity index (χ2n) is 3.24. The first-order valence-corrected chi connectivity index (χ1v) is 4.14. The monoisotopic (exact) mass is 154 g/mol. The van der Waals surface area contributed by atoms with Gasteiger partial charge in [-0.15, -0.1) is 0 Å². The first-order valence-electron chi connectivity index (χ1n) is 4.14. The van der Waals surface area contributed by atoms with Crippen molar-refractivity contribution in [2.24, 2.45) is 5.92 Å². The summed E-state index contributed by atoms with van der Waals surface area (Å²) in [5.41, 5.74) is 1.13. The van der Waals surface area contributed by atoms with E-state index in [1.165, 1.54) is 6.42 Å². The molecule has 0 spiro atoms. The Morgan fingerprint density at radius 1 is 1.45 bits per heavy atom. The second-order valence-corrected chi connectivity index (χ2v) is 3.24. The predicted octanol–water partition coefficient (Wildman–Crippen LogP) is 3.44. The lowest BCUT2D eigenvalue weighted by Gasteiger charge is -1.99. The Kier molecular flexibility index (Phi) is 5.63. The van der Waals surface area contributed by atoms with E-state index in [1.54, 1.807) is 6.08 Å². The van der Waals surface area contributed by atoms with Gasteiger partial charge in [-0.1, -0.05) is 25.5 Å². The van der Waals surface area contributed by atoms with E-state index in [1.807, 2.05) is 6.92 Å². The van der Waals surface area contributed by atoms with Crippen LogP contribution in [0.4, 0.5) is 0 Å². The molecule has 1 nitrogen and oxygen atoms in total. The van der Waals surface area contributed by atoms with Crippen LogP contribution in [0.1, 0.15) is 33.6 Å². The number of hydrogen-bond donors (Lipinski definition) is 1. The highest BCUT2D eigenvalue weighted by molar-refractivity contribution is 5.13. The first-order chi connectivity index (χ1) is 5.16. The van der Waals surface area contributed by atoms with Gasteiger partial charge in [0.05, 0.1) is 6.26 Å². The highest BCUT2D eigenvalue weighted by atomic mass is 16.2. The molecule has 0 aliphatic rings. The van der Waals surface area contributed by atoms with Gasteiger partial charge >= 0.3 is 0 Å². The molecule has 11 heavy (non-hydrogen) atoms. The molecule has 0 unspecified atom stereocenters. The Morgan fingerprint density at radius 3 is 2.55 bits per heavy atom. The van der Waals surface area contributed by atoms with E-state index in [0.29, 0.717) is 0 Å². The summed E-state index contributed by atoms with van der Waals surface area (Å²) in [5.74, 6) is 0.761. The highest BCUT2D eigenvalue weighted by Crippen LogP contribution is 2.06. The topological polar surface area (TPSA) is 20.2 Å². The fraction of sp³-hybridized carbons (Fsp3) is 0.600. The van der Waals surface area contributed by atoms with Crippen LogP contribution < -0.4 is 0 Å². The summed E-state index contributed by atoms with van der Waals surface area (Å²) >= 11 is 0. The van der Waals surface area contributed by atoms with Crippen LogP contribution in [0.5, 0.6) is 0 Å². The molecule has 0 rings (SSSR count). The molecule has 0 aromatic carbocycles. The lowest BCUT2D eigenvalue weighted by Crippen LogP contribution is -1.84. The Hall–Kier alpha value is -0.720. The van der Waals surface area contributed by atoms with Crippen molar-refractivity contribution in [1.29, 1.82) is 0 Å². The van der Waals surface area contributed by atoms with Gasteiger partial charge in [0, 0.05) is 0 Å². The summed E-state index contributed by atoms with van der Waals surface area (Å²) in [4.78, 5) is 0. The Labute approximate surface area is 69.4 Å². The van der Waals surface area contributed by atoms with Gasteiger partial charge in [-0.05, 0) is 31.8 Å². The zero-order valence-corrected chi connectivity index (χ0v) is 7.67. The number of rotatable bonds is 4. The third kappa shape index (κ3) is 7.17. The third-order valence-corrected chi connectivity index (χ3v) is 1.55. The van der Waals surface area contributed by atoms with E-state index in [-0.39, 0.29) is 0 Å². The smallest absolute Gasteiger partial charge is 0.0794 e. The zero-order chi connectivity index (χ0) is 8.69. The maximum absolute atomic E-state index is 8.42. The maximum Gasteiger partial charge on any atom is 0.0794 e. The van der Waals surface area contributed by atoms with Gasteiger partial charge in [0.25, 0.3) is 0 Å². The molecule has 0 saturated heterocycles. The van der Waals surface area contributed by atoms with Crippen molar-refractivity contribution < 1.29 is 5.11 Å².